The van der Waals surface area contributed by atoms with Crippen molar-refractivity contribution in [3.63, 3.8) is 0 Å². The molecule has 0 saturated heterocycles. The zero-order valence-corrected chi connectivity index (χ0v) is 20.7. The largest absolute Gasteiger partial charge is 0.385 e. The molecule has 1 unspecified atom stereocenters. The van der Waals surface area contributed by atoms with Crippen molar-refractivity contribution in [2.24, 2.45) is 5.73 Å². The normalized spacial score (nSPS) is 17.7. The highest BCUT2D eigenvalue weighted by atomic mass is 79.9. The number of primary amides is 1. The number of benzene rings is 2. The predicted molar refractivity (Wildman–Crippen MR) is 135 cm³/mol. The lowest BCUT2D eigenvalue weighted by Gasteiger charge is -2.41. The number of hydrogen-bond acceptors (Lipinski definition) is 3. The molecule has 2 aromatic carbocycles. The lowest BCUT2D eigenvalue weighted by Crippen LogP contribution is -2.45. The summed E-state index contributed by atoms with van der Waals surface area (Å²) in [6.07, 6.45) is 8.69. The van der Waals surface area contributed by atoms with Crippen LogP contribution in [0.1, 0.15) is 56.1 Å². The van der Waals surface area contributed by atoms with Gasteiger partial charge in [-0.15, -0.1) is 0 Å². The van der Waals surface area contributed by atoms with E-state index in [0.717, 1.165) is 68.3 Å². The predicted octanol–water partition coefficient (Wildman–Crippen LogP) is 5.75. The van der Waals surface area contributed by atoms with Crippen molar-refractivity contribution in [3.05, 3.63) is 64.1 Å². The van der Waals surface area contributed by atoms with Crippen molar-refractivity contribution in [1.29, 1.82) is 0 Å². The summed E-state index contributed by atoms with van der Waals surface area (Å²) >= 11 is 3.44. The average Bonchev–Trinajstić information content (AvgIpc) is 2.80. The van der Waals surface area contributed by atoms with Crippen LogP contribution in [0.4, 0.5) is 10.5 Å². The van der Waals surface area contributed by atoms with Gasteiger partial charge >= 0.3 is 6.03 Å². The number of amides is 2. The van der Waals surface area contributed by atoms with Crippen LogP contribution in [0.25, 0.3) is 0 Å². The maximum atomic E-state index is 12.0. The third kappa shape index (κ3) is 6.56. The summed E-state index contributed by atoms with van der Waals surface area (Å²) in [6.45, 7) is 2.43. The van der Waals surface area contributed by atoms with Gasteiger partial charge in [0.2, 0.25) is 0 Å². The van der Waals surface area contributed by atoms with E-state index in [1.54, 1.807) is 12.0 Å². The molecule has 174 valence electrons. The van der Waals surface area contributed by atoms with Crippen molar-refractivity contribution < 1.29 is 9.53 Å². The number of nitrogens with two attached hydrogens (primary N) is 1. The number of nitrogens with one attached hydrogen (secondary N) is 1. The highest BCUT2D eigenvalue weighted by molar-refractivity contribution is 9.10. The van der Waals surface area contributed by atoms with Crippen LogP contribution in [0.5, 0.6) is 0 Å². The third-order valence-corrected chi connectivity index (χ3v) is 6.99. The number of hydrogen-bond donors (Lipinski definition) is 2. The van der Waals surface area contributed by atoms with Gasteiger partial charge in [0.25, 0.3) is 0 Å². The molecular weight excluding hydrogens is 466 g/mol. The number of ether oxygens (including phenoxy) is 1. The topological polar surface area (TPSA) is 67.6 Å². The summed E-state index contributed by atoms with van der Waals surface area (Å²) in [6, 6.07) is 16.2. The van der Waals surface area contributed by atoms with Crippen LogP contribution in [0.15, 0.2) is 53.0 Å². The molecule has 32 heavy (non-hydrogen) atoms. The number of unbranched alkanes of at least 4 members (excludes halogenated alkanes) is 2. The van der Waals surface area contributed by atoms with E-state index in [2.05, 4.69) is 45.5 Å². The summed E-state index contributed by atoms with van der Waals surface area (Å²) in [7, 11) is 1.76. The molecule has 0 saturated carbocycles. The van der Waals surface area contributed by atoms with Gasteiger partial charge in [-0.05, 0) is 93.3 Å². The van der Waals surface area contributed by atoms with Gasteiger partial charge in [-0.2, -0.15) is 0 Å². The van der Waals surface area contributed by atoms with Crippen molar-refractivity contribution in [2.45, 2.75) is 56.9 Å². The Morgan fingerprint density at radius 2 is 1.91 bits per heavy atom. The first-order chi connectivity index (χ1) is 15.6. The van der Waals surface area contributed by atoms with Gasteiger partial charge in [0.15, 0.2) is 0 Å². The number of aryl methyl sites for hydroxylation is 1. The number of carbonyl (C=O) groups is 1. The number of rotatable bonds is 12. The number of methoxy groups -OCH3 is 1. The Morgan fingerprint density at radius 1 is 1.12 bits per heavy atom. The molecular formula is C26H36BrN3O2. The summed E-state index contributed by atoms with van der Waals surface area (Å²) < 4.78 is 6.19. The molecule has 2 aromatic rings. The second-order valence-electron chi connectivity index (χ2n) is 8.64. The van der Waals surface area contributed by atoms with E-state index in [9.17, 15) is 4.79 Å². The first-order valence-electron chi connectivity index (χ1n) is 11.7. The van der Waals surface area contributed by atoms with Gasteiger partial charge in [-0.3, -0.25) is 4.90 Å². The Balaban J connectivity index is 1.64. The molecule has 0 bridgehead atoms. The Hall–Kier alpha value is -1.89. The summed E-state index contributed by atoms with van der Waals surface area (Å²) in [5.74, 6) is 0. The number of carbonyl (C=O) groups excluding carboxylic acids is 1. The second-order valence-corrected chi connectivity index (χ2v) is 9.56. The molecule has 1 atom stereocenters. The smallest absolute Gasteiger partial charge is 0.319 e. The minimum atomic E-state index is -0.402. The van der Waals surface area contributed by atoms with E-state index in [1.165, 1.54) is 17.5 Å². The fourth-order valence-electron chi connectivity index (χ4n) is 4.84. The highest BCUT2D eigenvalue weighted by Gasteiger charge is 2.35. The monoisotopic (exact) mass is 501 g/mol. The highest BCUT2D eigenvalue weighted by Crippen LogP contribution is 2.39. The molecule has 1 aliphatic carbocycles. The second kappa shape index (κ2) is 12.4. The number of nitrogens with zero attached hydrogens (tertiary/aromatic N) is 1. The first-order valence-corrected chi connectivity index (χ1v) is 12.5. The SMILES string of the molecule is COCCCCNC1(CCCCN(C(N)=O)c2ccc(Br)cc2)CCCc2ccccc21. The zero-order valence-electron chi connectivity index (χ0n) is 19.1. The minimum Gasteiger partial charge on any atom is -0.385 e. The summed E-state index contributed by atoms with van der Waals surface area (Å²) in [5.41, 5.74) is 9.46. The van der Waals surface area contributed by atoms with Crippen LogP contribution in [0.3, 0.4) is 0 Å². The molecule has 5 nitrogen and oxygen atoms in total. The molecule has 0 fully saturated rings. The summed E-state index contributed by atoms with van der Waals surface area (Å²) in [5, 5.41) is 3.93. The van der Waals surface area contributed by atoms with Crippen molar-refractivity contribution >= 4 is 27.6 Å². The molecule has 0 radical (unpaired) electrons. The maximum absolute atomic E-state index is 12.0. The molecule has 6 heteroatoms. The van der Waals surface area contributed by atoms with Crippen LogP contribution in [-0.2, 0) is 16.7 Å². The Bertz CT molecular complexity index is 858. The lowest BCUT2D eigenvalue weighted by molar-refractivity contribution is 0.188. The van der Waals surface area contributed by atoms with Gasteiger partial charge in [0.05, 0.1) is 0 Å². The minimum absolute atomic E-state index is 0.0110. The number of anilines is 1. The van der Waals surface area contributed by atoms with Crippen LogP contribution in [-0.4, -0.2) is 32.8 Å². The molecule has 3 rings (SSSR count). The van der Waals surface area contributed by atoms with Gasteiger partial charge < -0.3 is 15.8 Å². The van der Waals surface area contributed by atoms with E-state index in [4.69, 9.17) is 10.5 Å². The fourth-order valence-corrected chi connectivity index (χ4v) is 5.10. The molecule has 0 aromatic heterocycles. The molecule has 0 heterocycles. The number of fused-ring (bicyclic) bond motifs is 1. The van der Waals surface area contributed by atoms with E-state index >= 15 is 0 Å². The Kier molecular flexibility index (Phi) is 9.57. The molecule has 3 N–H and O–H groups in total. The maximum Gasteiger partial charge on any atom is 0.319 e. The number of halogens is 1. The molecule has 0 spiro atoms. The molecule has 1 aliphatic rings. The average molecular weight is 502 g/mol. The van der Waals surface area contributed by atoms with Gasteiger partial charge in [0, 0.05) is 36.0 Å². The van der Waals surface area contributed by atoms with E-state index in [1.807, 2.05) is 24.3 Å². The van der Waals surface area contributed by atoms with E-state index < -0.39 is 6.03 Å². The van der Waals surface area contributed by atoms with Gasteiger partial charge in [0.1, 0.15) is 0 Å². The van der Waals surface area contributed by atoms with E-state index in [-0.39, 0.29) is 5.54 Å². The van der Waals surface area contributed by atoms with Gasteiger partial charge in [-0.1, -0.05) is 40.2 Å². The van der Waals surface area contributed by atoms with Crippen molar-refractivity contribution in [2.75, 3.05) is 31.7 Å². The molecule has 0 aliphatic heterocycles. The molecule has 2 amide bonds. The van der Waals surface area contributed by atoms with Gasteiger partial charge in [-0.25, -0.2) is 4.79 Å². The standard InChI is InChI=1S/C26H36BrN3O2/c1-32-20-7-5-18-29-26(17-8-10-21-9-2-3-11-24(21)26)16-4-6-19-30(25(28)31)23-14-12-22(27)13-15-23/h2-3,9,11-15,29H,4-8,10,16-20H2,1H3,(H2,28,31). The van der Waals surface area contributed by atoms with Crippen molar-refractivity contribution in [1.82, 2.24) is 5.32 Å². The first kappa shape index (κ1) is 24.7. The third-order valence-electron chi connectivity index (χ3n) is 6.46. The summed E-state index contributed by atoms with van der Waals surface area (Å²) in [4.78, 5) is 13.7. The Morgan fingerprint density at radius 3 is 2.66 bits per heavy atom. The van der Waals surface area contributed by atoms with Crippen LogP contribution >= 0.6 is 15.9 Å². The van der Waals surface area contributed by atoms with Crippen molar-refractivity contribution in [3.8, 4) is 0 Å². The fraction of sp³-hybridized carbons (Fsp3) is 0.500. The number of urea groups is 1. The zero-order chi connectivity index (χ0) is 22.8. The lowest BCUT2D eigenvalue weighted by atomic mass is 9.73. The van der Waals surface area contributed by atoms with Crippen LogP contribution in [0.2, 0.25) is 0 Å². The van der Waals surface area contributed by atoms with Crippen LogP contribution < -0.4 is 16.0 Å². The van der Waals surface area contributed by atoms with Crippen LogP contribution in [0, 0.1) is 0 Å². The van der Waals surface area contributed by atoms with E-state index in [0.29, 0.717) is 6.54 Å². The Labute approximate surface area is 200 Å². The quantitative estimate of drug-likeness (QED) is 0.363.